The second-order valence-corrected chi connectivity index (χ2v) is 5.04. The summed E-state index contributed by atoms with van der Waals surface area (Å²) in [6, 6.07) is 2.15. The molecule has 1 fully saturated rings. The van der Waals surface area contributed by atoms with Crippen LogP contribution in [0.4, 0.5) is 0 Å². The Balaban J connectivity index is 2.18. The van der Waals surface area contributed by atoms with Crippen LogP contribution in [0.1, 0.15) is 35.6 Å². The predicted molar refractivity (Wildman–Crippen MR) is 69.9 cm³/mol. The number of ether oxygens (including phenoxy) is 2. The number of methoxy groups -OCH3 is 1. The number of hydrogen-bond acceptors (Lipinski definition) is 2. The molecule has 0 N–H and O–H groups in total. The minimum absolute atomic E-state index is 0.468. The summed E-state index contributed by atoms with van der Waals surface area (Å²) in [5, 5.41) is 0. The molecule has 0 radical (unpaired) electrons. The topological polar surface area (TPSA) is 21.8 Å². The number of epoxide rings is 1. The fourth-order valence-corrected chi connectivity index (χ4v) is 2.52. The molecule has 0 amide bonds. The summed E-state index contributed by atoms with van der Waals surface area (Å²) >= 11 is 0. The van der Waals surface area contributed by atoms with E-state index in [0.29, 0.717) is 12.2 Å². The van der Waals surface area contributed by atoms with Crippen LogP contribution >= 0.6 is 0 Å². The third-order valence-electron chi connectivity index (χ3n) is 3.94. The maximum absolute atomic E-state index is 5.47. The van der Waals surface area contributed by atoms with Crippen molar-refractivity contribution >= 4 is 0 Å². The summed E-state index contributed by atoms with van der Waals surface area (Å²) in [7, 11) is 1.74. The first-order chi connectivity index (χ1) is 8.04. The van der Waals surface area contributed by atoms with Gasteiger partial charge in [0.15, 0.2) is 0 Å². The van der Waals surface area contributed by atoms with Crippen LogP contribution in [0.5, 0.6) is 5.75 Å². The molecule has 1 aliphatic rings. The summed E-state index contributed by atoms with van der Waals surface area (Å²) < 4.78 is 10.9. The summed E-state index contributed by atoms with van der Waals surface area (Å²) in [5.74, 6) is 1.000. The number of aryl methyl sites for hydroxylation is 1. The second-order valence-electron chi connectivity index (χ2n) is 5.04. The highest BCUT2D eigenvalue weighted by Crippen LogP contribution is 2.31. The Morgan fingerprint density at radius 3 is 2.41 bits per heavy atom. The largest absolute Gasteiger partial charge is 0.496 e. The van der Waals surface area contributed by atoms with Crippen LogP contribution in [0.15, 0.2) is 6.07 Å². The second kappa shape index (κ2) is 4.69. The van der Waals surface area contributed by atoms with E-state index >= 15 is 0 Å². The van der Waals surface area contributed by atoms with Gasteiger partial charge < -0.3 is 9.47 Å². The third-order valence-corrected chi connectivity index (χ3v) is 3.94. The molecule has 0 spiro atoms. The van der Waals surface area contributed by atoms with Gasteiger partial charge in [-0.05, 0) is 68.9 Å². The maximum Gasteiger partial charge on any atom is 0.122 e. The number of hydrogen-bond donors (Lipinski definition) is 0. The van der Waals surface area contributed by atoms with Crippen LogP contribution in [-0.2, 0) is 11.2 Å². The summed E-state index contributed by atoms with van der Waals surface area (Å²) in [6.45, 7) is 8.63. The van der Waals surface area contributed by atoms with Gasteiger partial charge in [0, 0.05) is 0 Å². The molecule has 1 saturated heterocycles. The Labute approximate surface area is 104 Å². The Bertz CT molecular complexity index is 423. The molecule has 94 valence electrons. The highest BCUT2D eigenvalue weighted by atomic mass is 16.6. The quantitative estimate of drug-likeness (QED) is 0.745. The van der Waals surface area contributed by atoms with Crippen molar-refractivity contribution < 1.29 is 9.47 Å². The molecule has 17 heavy (non-hydrogen) atoms. The monoisotopic (exact) mass is 234 g/mol. The molecule has 0 saturated carbocycles. The van der Waals surface area contributed by atoms with Crippen molar-refractivity contribution in [3.05, 3.63) is 28.3 Å². The van der Waals surface area contributed by atoms with Crippen molar-refractivity contribution in [3.8, 4) is 5.75 Å². The highest BCUT2D eigenvalue weighted by molar-refractivity contribution is 5.48. The molecule has 1 aromatic rings. The molecular weight excluding hydrogens is 212 g/mol. The standard InChI is InChI=1S/C15H22O2/c1-9-8-15(16-5)11(3)10(2)13(9)6-7-14-12(4)17-14/h8,12,14H,6-7H2,1-5H3. The highest BCUT2D eigenvalue weighted by Gasteiger charge is 2.33. The molecule has 0 bridgehead atoms. The van der Waals surface area contributed by atoms with E-state index in [1.165, 1.54) is 22.3 Å². The molecular formula is C15H22O2. The van der Waals surface area contributed by atoms with Gasteiger partial charge in [0.05, 0.1) is 19.3 Å². The van der Waals surface area contributed by atoms with E-state index in [1.54, 1.807) is 7.11 Å². The van der Waals surface area contributed by atoms with Gasteiger partial charge in [-0.1, -0.05) is 0 Å². The Hall–Kier alpha value is -1.02. The zero-order chi connectivity index (χ0) is 12.6. The maximum atomic E-state index is 5.47. The Morgan fingerprint density at radius 2 is 1.88 bits per heavy atom. The van der Waals surface area contributed by atoms with E-state index in [0.717, 1.165) is 18.6 Å². The van der Waals surface area contributed by atoms with E-state index < -0.39 is 0 Å². The van der Waals surface area contributed by atoms with Crippen LogP contribution in [0.2, 0.25) is 0 Å². The van der Waals surface area contributed by atoms with Gasteiger partial charge in [-0.3, -0.25) is 0 Å². The zero-order valence-corrected chi connectivity index (χ0v) is 11.5. The smallest absolute Gasteiger partial charge is 0.122 e. The molecule has 1 heterocycles. The van der Waals surface area contributed by atoms with Crippen molar-refractivity contribution in [3.63, 3.8) is 0 Å². The average Bonchev–Trinajstić information content (AvgIpc) is 2.99. The lowest BCUT2D eigenvalue weighted by Gasteiger charge is -2.15. The van der Waals surface area contributed by atoms with E-state index in [1.807, 2.05) is 0 Å². The predicted octanol–water partition coefficient (Wildman–Crippen LogP) is 3.34. The molecule has 2 unspecified atom stereocenters. The summed E-state index contributed by atoms with van der Waals surface area (Å²) in [6.07, 6.45) is 3.19. The molecule has 2 nitrogen and oxygen atoms in total. The van der Waals surface area contributed by atoms with E-state index in [9.17, 15) is 0 Å². The van der Waals surface area contributed by atoms with Crippen LogP contribution in [0, 0.1) is 20.8 Å². The van der Waals surface area contributed by atoms with Crippen LogP contribution in [0.3, 0.4) is 0 Å². The van der Waals surface area contributed by atoms with Crippen molar-refractivity contribution in [1.82, 2.24) is 0 Å². The molecule has 1 aromatic carbocycles. The van der Waals surface area contributed by atoms with Crippen LogP contribution < -0.4 is 4.74 Å². The number of rotatable bonds is 4. The molecule has 0 aliphatic carbocycles. The van der Waals surface area contributed by atoms with Gasteiger partial charge in [-0.2, -0.15) is 0 Å². The van der Waals surface area contributed by atoms with E-state index in [2.05, 4.69) is 33.8 Å². The summed E-state index contributed by atoms with van der Waals surface area (Å²) in [4.78, 5) is 0. The summed E-state index contributed by atoms with van der Waals surface area (Å²) in [5.41, 5.74) is 5.43. The normalized spacial score (nSPS) is 22.6. The van der Waals surface area contributed by atoms with Crippen molar-refractivity contribution in [1.29, 1.82) is 0 Å². The van der Waals surface area contributed by atoms with Gasteiger partial charge in [0.25, 0.3) is 0 Å². The SMILES string of the molecule is COc1cc(C)c(CCC2OC2C)c(C)c1C. The fraction of sp³-hybridized carbons (Fsp3) is 0.600. The number of benzene rings is 1. The first kappa shape index (κ1) is 12.4. The van der Waals surface area contributed by atoms with Gasteiger partial charge in [0.2, 0.25) is 0 Å². The van der Waals surface area contributed by atoms with Gasteiger partial charge in [0.1, 0.15) is 5.75 Å². The minimum atomic E-state index is 0.468. The van der Waals surface area contributed by atoms with Gasteiger partial charge >= 0.3 is 0 Å². The fourth-order valence-electron chi connectivity index (χ4n) is 2.52. The van der Waals surface area contributed by atoms with Crippen molar-refractivity contribution in [2.75, 3.05) is 7.11 Å². The van der Waals surface area contributed by atoms with E-state index in [-0.39, 0.29) is 0 Å². The van der Waals surface area contributed by atoms with Gasteiger partial charge in [-0.25, -0.2) is 0 Å². The molecule has 1 aliphatic heterocycles. The lowest BCUT2D eigenvalue weighted by atomic mass is 9.93. The molecule has 2 atom stereocenters. The van der Waals surface area contributed by atoms with Gasteiger partial charge in [-0.15, -0.1) is 0 Å². The first-order valence-corrected chi connectivity index (χ1v) is 6.33. The van der Waals surface area contributed by atoms with Crippen LogP contribution in [-0.4, -0.2) is 19.3 Å². The Morgan fingerprint density at radius 1 is 1.24 bits per heavy atom. The lowest BCUT2D eigenvalue weighted by molar-refractivity contribution is 0.370. The Kier molecular flexibility index (Phi) is 3.43. The average molecular weight is 234 g/mol. The van der Waals surface area contributed by atoms with Crippen molar-refractivity contribution in [2.45, 2.75) is 52.7 Å². The molecule has 2 heteroatoms. The lowest BCUT2D eigenvalue weighted by Crippen LogP contribution is -2.02. The third kappa shape index (κ3) is 2.47. The first-order valence-electron chi connectivity index (χ1n) is 6.33. The molecule has 0 aromatic heterocycles. The van der Waals surface area contributed by atoms with E-state index in [4.69, 9.17) is 9.47 Å². The zero-order valence-electron chi connectivity index (χ0n) is 11.5. The van der Waals surface area contributed by atoms with Crippen LogP contribution in [0.25, 0.3) is 0 Å². The van der Waals surface area contributed by atoms with Crippen molar-refractivity contribution in [2.24, 2.45) is 0 Å². The molecule has 2 rings (SSSR count). The minimum Gasteiger partial charge on any atom is -0.496 e.